The molecule has 4 heterocycles. The Labute approximate surface area is 202 Å². The van der Waals surface area contributed by atoms with E-state index in [2.05, 4.69) is 15.4 Å². The first-order valence-electron chi connectivity index (χ1n) is 11.2. The quantitative estimate of drug-likeness (QED) is 0.526. The third-order valence-corrected chi connectivity index (χ3v) is 7.53. The molecule has 0 aromatic carbocycles. The van der Waals surface area contributed by atoms with Gasteiger partial charge in [0.05, 0.1) is 17.3 Å². The number of aromatic amines is 1. The fraction of sp³-hybridized carbons (Fsp3) is 0.391. The molecule has 186 valence electrons. The van der Waals surface area contributed by atoms with Crippen molar-refractivity contribution >= 4 is 27.4 Å². The van der Waals surface area contributed by atoms with E-state index >= 15 is 0 Å². The smallest absolute Gasteiger partial charge is 0.272 e. The number of carbonyl (C=O) groups excluding carboxylic acids is 2. The lowest BCUT2D eigenvalue weighted by Gasteiger charge is -2.33. The molecule has 0 bridgehead atoms. The molecule has 0 saturated carbocycles. The van der Waals surface area contributed by atoms with E-state index in [0.717, 1.165) is 17.5 Å². The van der Waals surface area contributed by atoms with Crippen LogP contribution in [0.15, 0.2) is 29.2 Å². The van der Waals surface area contributed by atoms with E-state index in [0.29, 0.717) is 27.9 Å². The van der Waals surface area contributed by atoms with Crippen LogP contribution < -0.4 is 10.9 Å². The van der Waals surface area contributed by atoms with Crippen molar-refractivity contribution < 1.29 is 18.0 Å². The van der Waals surface area contributed by atoms with Crippen LogP contribution in [-0.4, -0.2) is 76.5 Å². The average Bonchev–Trinajstić information content (AvgIpc) is 3.13. The third kappa shape index (κ3) is 4.84. The zero-order chi connectivity index (χ0) is 25.5. The van der Waals surface area contributed by atoms with Crippen LogP contribution in [0.3, 0.4) is 0 Å². The number of aromatic nitrogens is 3. The molecule has 2 amide bonds. The van der Waals surface area contributed by atoms with Gasteiger partial charge in [-0.3, -0.25) is 14.4 Å². The highest BCUT2D eigenvalue weighted by Gasteiger charge is 2.29. The summed E-state index contributed by atoms with van der Waals surface area (Å²) >= 11 is 0. The summed E-state index contributed by atoms with van der Waals surface area (Å²) in [6.07, 6.45) is 2.60. The second-order valence-corrected chi connectivity index (χ2v) is 10.8. The van der Waals surface area contributed by atoms with Gasteiger partial charge in [-0.15, -0.1) is 0 Å². The molecule has 1 aliphatic heterocycles. The molecule has 35 heavy (non-hydrogen) atoms. The first-order chi connectivity index (χ1) is 16.5. The molecule has 0 spiro atoms. The lowest BCUT2D eigenvalue weighted by atomic mass is 10.1. The fourth-order valence-corrected chi connectivity index (χ4v) is 5.21. The number of hydrogen-bond donors (Lipinski definition) is 2. The number of nitrogens with zero attached hydrogens (tertiary/aromatic N) is 4. The molecule has 4 rings (SSSR count). The summed E-state index contributed by atoms with van der Waals surface area (Å²) in [5.41, 5.74) is 3.54. The Bertz CT molecular complexity index is 1480. The van der Waals surface area contributed by atoms with Gasteiger partial charge < -0.3 is 15.2 Å². The minimum Gasteiger partial charge on any atom is -0.348 e. The van der Waals surface area contributed by atoms with Gasteiger partial charge in [0.1, 0.15) is 5.69 Å². The van der Waals surface area contributed by atoms with Gasteiger partial charge >= 0.3 is 0 Å². The monoisotopic (exact) mass is 500 g/mol. The number of fused-ring (bicyclic) bond motifs is 1. The predicted molar refractivity (Wildman–Crippen MR) is 130 cm³/mol. The van der Waals surface area contributed by atoms with E-state index in [1.54, 1.807) is 30.9 Å². The van der Waals surface area contributed by atoms with Crippen LogP contribution in [0.5, 0.6) is 0 Å². The number of carbonyl (C=O) groups is 2. The molecule has 0 atom stereocenters. The van der Waals surface area contributed by atoms with Gasteiger partial charge in [0, 0.05) is 50.2 Å². The number of pyridine rings is 1. The van der Waals surface area contributed by atoms with E-state index in [1.807, 2.05) is 13.0 Å². The lowest BCUT2D eigenvalue weighted by Crippen LogP contribution is -2.50. The van der Waals surface area contributed by atoms with Crippen LogP contribution in [0, 0.1) is 20.8 Å². The van der Waals surface area contributed by atoms with E-state index in [4.69, 9.17) is 0 Å². The summed E-state index contributed by atoms with van der Waals surface area (Å²) in [5.74, 6) is -0.669. The highest BCUT2D eigenvalue weighted by molar-refractivity contribution is 7.88. The van der Waals surface area contributed by atoms with Crippen LogP contribution in [0.4, 0.5) is 0 Å². The second kappa shape index (κ2) is 9.27. The van der Waals surface area contributed by atoms with Gasteiger partial charge in [-0.25, -0.2) is 12.9 Å². The fourth-order valence-electron chi connectivity index (χ4n) is 4.38. The Kier molecular flexibility index (Phi) is 6.52. The summed E-state index contributed by atoms with van der Waals surface area (Å²) in [6.45, 7) is 6.43. The standard InChI is InChI=1S/C23H28N6O5S/c1-14-11-16(3)26-22(31)18(14)13-24-21(30)17-5-6-25-29-19(17)12-15(2)20(29)23(32)27-7-9-28(10-8-27)35(4,33)34/h5-6,11-12H,7-10,13H2,1-4H3,(H,24,30)(H,26,31). The molecule has 0 radical (unpaired) electrons. The molecular weight excluding hydrogens is 472 g/mol. The molecule has 12 heteroatoms. The SMILES string of the molecule is Cc1cc(C)c(CNC(=O)c2ccnn3c(C(=O)N4CCN(S(C)(=O)=O)CC4)c(C)cc23)c(=O)[nH]1. The largest absolute Gasteiger partial charge is 0.348 e. The summed E-state index contributed by atoms with van der Waals surface area (Å²) in [7, 11) is -3.31. The summed E-state index contributed by atoms with van der Waals surface area (Å²) < 4.78 is 26.3. The molecule has 0 aliphatic carbocycles. The molecule has 3 aromatic heterocycles. The summed E-state index contributed by atoms with van der Waals surface area (Å²) in [4.78, 5) is 42.9. The van der Waals surface area contributed by atoms with Crippen LogP contribution >= 0.6 is 0 Å². The maximum absolute atomic E-state index is 13.3. The number of amides is 2. The molecule has 2 N–H and O–H groups in total. The van der Waals surface area contributed by atoms with Gasteiger partial charge in [-0.2, -0.15) is 9.40 Å². The van der Waals surface area contributed by atoms with Gasteiger partial charge in [0.2, 0.25) is 10.0 Å². The predicted octanol–water partition coefficient (Wildman–Crippen LogP) is 0.595. The van der Waals surface area contributed by atoms with Crippen molar-refractivity contribution in [3.63, 3.8) is 0 Å². The lowest BCUT2D eigenvalue weighted by molar-refractivity contribution is 0.0689. The molecule has 1 aliphatic rings. The Morgan fingerprint density at radius 3 is 2.40 bits per heavy atom. The van der Waals surface area contributed by atoms with E-state index in [9.17, 15) is 22.8 Å². The van der Waals surface area contributed by atoms with E-state index in [1.165, 1.54) is 15.0 Å². The van der Waals surface area contributed by atoms with Gasteiger partial charge in [0.25, 0.3) is 17.4 Å². The molecule has 1 fully saturated rings. The Morgan fingerprint density at radius 2 is 1.77 bits per heavy atom. The Hall–Kier alpha value is -3.51. The highest BCUT2D eigenvalue weighted by Crippen LogP contribution is 2.21. The normalized spacial score (nSPS) is 14.9. The average molecular weight is 501 g/mol. The molecule has 0 unspecified atom stereocenters. The van der Waals surface area contributed by atoms with Crippen molar-refractivity contribution in [3.8, 4) is 0 Å². The van der Waals surface area contributed by atoms with Crippen molar-refractivity contribution in [2.24, 2.45) is 0 Å². The van der Waals surface area contributed by atoms with Crippen molar-refractivity contribution in [1.82, 2.24) is 29.1 Å². The zero-order valence-electron chi connectivity index (χ0n) is 20.1. The number of piperazine rings is 1. The maximum atomic E-state index is 13.3. The van der Waals surface area contributed by atoms with Crippen LogP contribution in [0.25, 0.3) is 5.52 Å². The second-order valence-electron chi connectivity index (χ2n) is 8.80. The molecule has 3 aromatic rings. The minimum absolute atomic E-state index is 0.0604. The molecule has 11 nitrogen and oxygen atoms in total. The first-order valence-corrected chi connectivity index (χ1v) is 13.0. The van der Waals surface area contributed by atoms with Gasteiger partial charge in [-0.05, 0) is 50.1 Å². The minimum atomic E-state index is -3.31. The molecular formula is C23H28N6O5S. The number of sulfonamides is 1. The zero-order valence-corrected chi connectivity index (χ0v) is 20.9. The third-order valence-electron chi connectivity index (χ3n) is 6.23. The van der Waals surface area contributed by atoms with Crippen molar-refractivity contribution in [3.05, 3.63) is 68.4 Å². The van der Waals surface area contributed by atoms with Gasteiger partial charge in [0.15, 0.2) is 0 Å². The first kappa shape index (κ1) is 24.6. The number of hydrogen-bond acceptors (Lipinski definition) is 6. The van der Waals surface area contributed by atoms with E-state index in [-0.39, 0.29) is 44.2 Å². The number of H-pyrrole nitrogens is 1. The van der Waals surface area contributed by atoms with Crippen molar-refractivity contribution in [2.45, 2.75) is 27.3 Å². The summed E-state index contributed by atoms with van der Waals surface area (Å²) in [5, 5.41) is 7.09. The highest BCUT2D eigenvalue weighted by atomic mass is 32.2. The Balaban J connectivity index is 1.57. The molecule has 1 saturated heterocycles. The van der Waals surface area contributed by atoms with Crippen molar-refractivity contribution in [1.29, 1.82) is 0 Å². The van der Waals surface area contributed by atoms with Crippen molar-refractivity contribution in [2.75, 3.05) is 32.4 Å². The van der Waals surface area contributed by atoms with E-state index < -0.39 is 15.9 Å². The number of rotatable bonds is 5. The number of nitrogens with one attached hydrogen (secondary N) is 2. The van der Waals surface area contributed by atoms with Crippen LogP contribution in [0.1, 0.15) is 43.2 Å². The van der Waals surface area contributed by atoms with Crippen LogP contribution in [-0.2, 0) is 16.6 Å². The maximum Gasteiger partial charge on any atom is 0.272 e. The van der Waals surface area contributed by atoms with Gasteiger partial charge in [-0.1, -0.05) is 0 Å². The topological polar surface area (TPSA) is 137 Å². The van der Waals surface area contributed by atoms with Crippen LogP contribution in [0.2, 0.25) is 0 Å². The number of aryl methyl sites for hydroxylation is 3. The summed E-state index contributed by atoms with van der Waals surface area (Å²) in [6, 6.07) is 5.14. The Morgan fingerprint density at radius 1 is 1.09 bits per heavy atom.